The lowest BCUT2D eigenvalue weighted by molar-refractivity contribution is 0.248. The summed E-state index contributed by atoms with van der Waals surface area (Å²) in [6.45, 7) is 4.23. The molecule has 0 fully saturated rings. The summed E-state index contributed by atoms with van der Waals surface area (Å²) in [6, 6.07) is 0. The molecule has 5 nitrogen and oxygen atoms in total. The van der Waals surface area contributed by atoms with Crippen molar-refractivity contribution in [2.75, 3.05) is 6.54 Å². The highest BCUT2D eigenvalue weighted by Gasteiger charge is 2.24. The van der Waals surface area contributed by atoms with E-state index < -0.39 is 13.2 Å². The average Bonchev–Trinajstić information content (AvgIpc) is 1.84. The van der Waals surface area contributed by atoms with Crippen molar-refractivity contribution in [2.24, 2.45) is 5.92 Å². The molecule has 1 amide bonds. The summed E-state index contributed by atoms with van der Waals surface area (Å²) in [4.78, 5) is 27.3. The Balaban J connectivity index is 3.67. The smallest absolute Gasteiger partial charge is 0.346 e. The number of hydrogen-bond acceptors (Lipinski definition) is 2. The van der Waals surface area contributed by atoms with Gasteiger partial charge in [-0.25, -0.2) is 4.57 Å². The zero-order valence-corrected chi connectivity index (χ0v) is 8.04. The molecule has 0 aliphatic rings. The average molecular weight is 195 g/mol. The third-order valence-electron chi connectivity index (χ3n) is 1.26. The summed E-state index contributed by atoms with van der Waals surface area (Å²) in [5, 5.41) is 2.15. The van der Waals surface area contributed by atoms with Crippen LogP contribution in [0.1, 0.15) is 20.3 Å². The predicted molar refractivity (Wildman–Crippen MR) is 44.9 cm³/mol. The molecule has 0 aliphatic heterocycles. The van der Waals surface area contributed by atoms with Crippen molar-refractivity contribution in [1.29, 1.82) is 0 Å². The molecule has 0 aromatic rings. The van der Waals surface area contributed by atoms with Crippen LogP contribution in [0.25, 0.3) is 0 Å². The minimum atomic E-state index is -4.57. The molecule has 0 bridgehead atoms. The molecule has 6 heteroatoms. The standard InChI is InChI=1S/C6H14NO4P/c1-5(2)3-4-7-6(8)12(9,10)11/h5H,3-4H2,1-2H3,(H,7,8)(H2,9,10,11). The SMILES string of the molecule is CC(C)CCNC(=O)P(=O)(O)O. The molecule has 0 unspecified atom stereocenters. The van der Waals surface area contributed by atoms with Crippen molar-refractivity contribution >= 4 is 13.2 Å². The fraction of sp³-hybridized carbons (Fsp3) is 0.833. The number of rotatable bonds is 4. The van der Waals surface area contributed by atoms with E-state index in [4.69, 9.17) is 9.79 Å². The van der Waals surface area contributed by atoms with Gasteiger partial charge in [0.2, 0.25) is 0 Å². The lowest BCUT2D eigenvalue weighted by Crippen LogP contribution is -2.23. The van der Waals surface area contributed by atoms with Gasteiger partial charge < -0.3 is 15.1 Å². The molecule has 0 aliphatic carbocycles. The minimum Gasteiger partial charge on any atom is -0.346 e. The fourth-order valence-corrected chi connectivity index (χ4v) is 0.889. The van der Waals surface area contributed by atoms with Crippen LogP contribution in [0.2, 0.25) is 0 Å². The van der Waals surface area contributed by atoms with E-state index in [1.807, 2.05) is 13.8 Å². The molecule has 0 saturated carbocycles. The molecule has 0 saturated heterocycles. The number of carbonyl (C=O) groups is 1. The van der Waals surface area contributed by atoms with Crippen LogP contribution in [0.5, 0.6) is 0 Å². The molecule has 0 aromatic carbocycles. The zero-order chi connectivity index (χ0) is 9.78. The quantitative estimate of drug-likeness (QED) is 0.582. The highest BCUT2D eigenvalue weighted by atomic mass is 31.2. The van der Waals surface area contributed by atoms with Gasteiger partial charge >= 0.3 is 13.2 Å². The van der Waals surface area contributed by atoms with Gasteiger partial charge in [-0.2, -0.15) is 0 Å². The van der Waals surface area contributed by atoms with Gasteiger partial charge in [0, 0.05) is 6.54 Å². The molecular weight excluding hydrogens is 181 g/mol. The molecular formula is C6H14NO4P. The number of carbonyl (C=O) groups excluding carboxylic acids is 1. The Morgan fingerprint density at radius 2 is 2.00 bits per heavy atom. The van der Waals surface area contributed by atoms with Gasteiger partial charge in [0.25, 0.3) is 0 Å². The zero-order valence-electron chi connectivity index (χ0n) is 7.15. The lowest BCUT2D eigenvalue weighted by atomic mass is 10.1. The van der Waals surface area contributed by atoms with Crippen LogP contribution in [0.3, 0.4) is 0 Å². The Kier molecular flexibility index (Phi) is 4.45. The van der Waals surface area contributed by atoms with Crippen LogP contribution < -0.4 is 5.32 Å². The molecule has 0 atom stereocenters. The van der Waals surface area contributed by atoms with Crippen LogP contribution in [0, 0.1) is 5.92 Å². The summed E-state index contributed by atoms with van der Waals surface area (Å²) in [5.41, 5.74) is -1.19. The summed E-state index contributed by atoms with van der Waals surface area (Å²) in [5.74, 6) is 0.405. The fourth-order valence-electron chi connectivity index (χ4n) is 0.571. The van der Waals surface area contributed by atoms with Crippen LogP contribution in [-0.4, -0.2) is 22.0 Å². The second kappa shape index (κ2) is 4.60. The Hall–Kier alpha value is -0.380. The largest absolute Gasteiger partial charge is 0.413 e. The third-order valence-corrected chi connectivity index (χ3v) is 1.95. The monoisotopic (exact) mass is 195 g/mol. The molecule has 3 N–H and O–H groups in total. The van der Waals surface area contributed by atoms with Crippen molar-refractivity contribution in [2.45, 2.75) is 20.3 Å². The topological polar surface area (TPSA) is 86.6 Å². The Morgan fingerprint density at radius 3 is 2.33 bits per heavy atom. The van der Waals surface area contributed by atoms with Gasteiger partial charge in [-0.3, -0.25) is 4.79 Å². The second-order valence-corrected chi connectivity index (χ2v) is 4.45. The van der Waals surface area contributed by atoms with Crippen LogP contribution in [0.4, 0.5) is 4.79 Å². The van der Waals surface area contributed by atoms with E-state index in [0.717, 1.165) is 0 Å². The molecule has 72 valence electrons. The van der Waals surface area contributed by atoms with E-state index in [1.165, 1.54) is 0 Å². The maximum Gasteiger partial charge on any atom is 0.413 e. The number of nitrogens with one attached hydrogen (secondary N) is 1. The van der Waals surface area contributed by atoms with E-state index in [1.54, 1.807) is 0 Å². The summed E-state index contributed by atoms with van der Waals surface area (Å²) >= 11 is 0. The number of hydrogen-bond donors (Lipinski definition) is 3. The normalized spacial score (nSPS) is 11.8. The molecule has 12 heavy (non-hydrogen) atoms. The van der Waals surface area contributed by atoms with Gasteiger partial charge in [0.15, 0.2) is 0 Å². The van der Waals surface area contributed by atoms with Crippen LogP contribution >= 0.6 is 7.60 Å². The summed E-state index contributed by atoms with van der Waals surface area (Å²) in [6.07, 6.45) is 0.714. The maximum absolute atomic E-state index is 10.6. The summed E-state index contributed by atoms with van der Waals surface area (Å²) in [7, 11) is -4.57. The first-order valence-corrected chi connectivity index (χ1v) is 5.29. The van der Waals surface area contributed by atoms with Crippen molar-refractivity contribution in [1.82, 2.24) is 5.32 Å². The first-order chi connectivity index (χ1) is 5.34. The molecule has 0 rings (SSSR count). The predicted octanol–water partition coefficient (Wildman–Crippen LogP) is 0.920. The van der Waals surface area contributed by atoms with Gasteiger partial charge in [-0.15, -0.1) is 0 Å². The Morgan fingerprint density at radius 1 is 1.50 bits per heavy atom. The van der Waals surface area contributed by atoms with Gasteiger partial charge in [0.05, 0.1) is 0 Å². The van der Waals surface area contributed by atoms with Gasteiger partial charge in [-0.1, -0.05) is 13.8 Å². The summed E-state index contributed by atoms with van der Waals surface area (Å²) < 4.78 is 10.3. The first kappa shape index (κ1) is 11.6. The van der Waals surface area contributed by atoms with Crippen molar-refractivity contribution < 1.29 is 19.1 Å². The molecule has 0 radical (unpaired) electrons. The van der Waals surface area contributed by atoms with Crippen LogP contribution in [0.15, 0.2) is 0 Å². The Labute approximate surface area is 71.3 Å². The lowest BCUT2D eigenvalue weighted by Gasteiger charge is -2.07. The first-order valence-electron chi connectivity index (χ1n) is 3.68. The van der Waals surface area contributed by atoms with Crippen molar-refractivity contribution in [3.8, 4) is 0 Å². The van der Waals surface area contributed by atoms with E-state index in [-0.39, 0.29) is 0 Å². The van der Waals surface area contributed by atoms with Crippen molar-refractivity contribution in [3.63, 3.8) is 0 Å². The third kappa shape index (κ3) is 5.29. The highest BCUT2D eigenvalue weighted by molar-refractivity contribution is 7.69. The van der Waals surface area contributed by atoms with Crippen molar-refractivity contribution in [3.05, 3.63) is 0 Å². The highest BCUT2D eigenvalue weighted by Crippen LogP contribution is 2.34. The van der Waals surface area contributed by atoms with E-state index in [9.17, 15) is 9.36 Å². The molecule has 0 heterocycles. The van der Waals surface area contributed by atoms with E-state index in [2.05, 4.69) is 5.32 Å². The molecule has 0 spiro atoms. The second-order valence-electron chi connectivity index (χ2n) is 2.96. The van der Waals surface area contributed by atoms with Crippen LogP contribution in [-0.2, 0) is 4.57 Å². The van der Waals surface area contributed by atoms with Gasteiger partial charge in [0.1, 0.15) is 0 Å². The number of amides is 1. The van der Waals surface area contributed by atoms with E-state index >= 15 is 0 Å². The molecule has 0 aromatic heterocycles. The Bertz CT molecular complexity index is 198. The van der Waals surface area contributed by atoms with Gasteiger partial charge in [-0.05, 0) is 12.3 Å². The maximum atomic E-state index is 10.6. The minimum absolute atomic E-state index is 0.307. The van der Waals surface area contributed by atoms with E-state index in [0.29, 0.717) is 18.9 Å².